The average molecular weight is 403 g/mol. The average Bonchev–Trinajstić information content (AvgIpc) is 3.49. The minimum absolute atomic E-state index is 0.223. The van der Waals surface area contributed by atoms with Crippen LogP contribution < -0.4 is 11.1 Å². The van der Waals surface area contributed by atoms with E-state index in [9.17, 15) is 0 Å². The summed E-state index contributed by atoms with van der Waals surface area (Å²) in [6.45, 7) is 4.25. The molecule has 2 aliphatic carbocycles. The van der Waals surface area contributed by atoms with Crippen molar-refractivity contribution in [2.75, 3.05) is 11.1 Å². The smallest absolute Gasteiger partial charge is 0.154 e. The van der Waals surface area contributed by atoms with E-state index in [0.29, 0.717) is 23.4 Å². The number of anilines is 2. The van der Waals surface area contributed by atoms with Gasteiger partial charge in [-0.2, -0.15) is 5.10 Å². The number of rotatable bonds is 2. The van der Waals surface area contributed by atoms with Crippen LogP contribution in [0, 0.1) is 23.2 Å². The highest BCUT2D eigenvalue weighted by Crippen LogP contribution is 2.64. The van der Waals surface area contributed by atoms with Gasteiger partial charge in [-0.3, -0.25) is 0 Å². The highest BCUT2D eigenvalue weighted by Gasteiger charge is 2.54. The van der Waals surface area contributed by atoms with Crippen LogP contribution in [0.5, 0.6) is 0 Å². The zero-order valence-electron chi connectivity index (χ0n) is 17.7. The van der Waals surface area contributed by atoms with E-state index < -0.39 is 0 Å². The van der Waals surface area contributed by atoms with Crippen LogP contribution in [0.15, 0.2) is 36.8 Å². The second-order valence-electron chi connectivity index (χ2n) is 8.96. The molecule has 6 rings (SSSR count). The van der Waals surface area contributed by atoms with Crippen molar-refractivity contribution in [3.05, 3.63) is 53.5 Å². The summed E-state index contributed by atoms with van der Waals surface area (Å²) in [5.74, 6) is 2.41. The van der Waals surface area contributed by atoms with Crippen molar-refractivity contribution < 1.29 is 0 Å². The van der Waals surface area contributed by atoms with Gasteiger partial charge in [0, 0.05) is 47.2 Å². The quantitative estimate of drug-likeness (QED) is 0.414. The Hall–Kier alpha value is -2.89. The van der Waals surface area contributed by atoms with E-state index in [1.54, 1.807) is 6.20 Å². The van der Waals surface area contributed by atoms with Gasteiger partial charge in [0.2, 0.25) is 0 Å². The minimum atomic E-state index is 0.223. The molecule has 5 unspecified atom stereocenters. The molecular formula is C24H30N6. The minimum Gasteiger partial charge on any atom is -0.398 e. The monoisotopic (exact) mass is 402 g/mol. The fraction of sp³-hybridized carbons (Fsp3) is 0.458. The topological polar surface area (TPSA) is 92.1 Å². The predicted octanol–water partition coefficient (Wildman–Crippen LogP) is 5.02. The Morgan fingerprint density at radius 2 is 2.03 bits per heavy atom. The van der Waals surface area contributed by atoms with E-state index >= 15 is 0 Å². The number of nitrogen functional groups attached to an aromatic ring is 1. The molecule has 156 valence electrons. The molecule has 0 radical (unpaired) electrons. The van der Waals surface area contributed by atoms with Crippen molar-refractivity contribution in [1.29, 1.82) is 5.41 Å². The van der Waals surface area contributed by atoms with Gasteiger partial charge in [0.15, 0.2) is 5.65 Å². The lowest BCUT2D eigenvalue weighted by atomic mass is 9.67. The highest BCUT2D eigenvalue weighted by atomic mass is 15.2. The van der Waals surface area contributed by atoms with Crippen LogP contribution in [0.1, 0.15) is 68.2 Å². The molecule has 2 saturated carbocycles. The SMILES string of the molecule is CCC.N=Cc1c(N)ccc2c1C1C3CCC(C3)C1C(c1cnc3ccnn3c1)N2. The Morgan fingerprint density at radius 3 is 2.83 bits per heavy atom. The molecule has 3 aliphatic rings. The standard InChI is InChI=1S/C21H22N6.C3H8/c22-8-14-15(23)3-4-16-20(14)18-11-1-2-12(7-11)19(18)21(26-16)13-9-24-17-5-6-25-27(17)10-13;1-3-2/h3-6,8-12,18-19,21-22,26H,1-2,7,23H2;3H2,1-2H3. The van der Waals surface area contributed by atoms with E-state index in [-0.39, 0.29) is 6.04 Å². The fourth-order valence-electron chi connectivity index (χ4n) is 6.10. The van der Waals surface area contributed by atoms with Crippen molar-refractivity contribution in [1.82, 2.24) is 14.6 Å². The van der Waals surface area contributed by atoms with Gasteiger partial charge < -0.3 is 16.5 Å². The molecule has 0 amide bonds. The lowest BCUT2D eigenvalue weighted by molar-refractivity contribution is 0.247. The molecule has 2 fully saturated rings. The van der Waals surface area contributed by atoms with Crippen molar-refractivity contribution >= 4 is 23.2 Å². The van der Waals surface area contributed by atoms with Crippen molar-refractivity contribution in [3.8, 4) is 0 Å². The Labute approximate surface area is 177 Å². The lowest BCUT2D eigenvalue weighted by Crippen LogP contribution is -2.36. The summed E-state index contributed by atoms with van der Waals surface area (Å²) in [6, 6.07) is 6.16. The van der Waals surface area contributed by atoms with Gasteiger partial charge in [0.05, 0.1) is 12.2 Å². The molecular weight excluding hydrogens is 372 g/mol. The summed E-state index contributed by atoms with van der Waals surface area (Å²) < 4.78 is 1.86. The first-order valence-electron chi connectivity index (χ1n) is 11.1. The molecule has 5 atom stereocenters. The number of benzene rings is 1. The maximum atomic E-state index is 7.94. The molecule has 0 spiro atoms. The molecule has 1 aliphatic heterocycles. The van der Waals surface area contributed by atoms with E-state index in [4.69, 9.17) is 11.1 Å². The highest BCUT2D eigenvalue weighted by molar-refractivity contribution is 5.91. The van der Waals surface area contributed by atoms with Crippen molar-refractivity contribution in [2.24, 2.45) is 17.8 Å². The first-order chi connectivity index (χ1) is 14.7. The van der Waals surface area contributed by atoms with Crippen LogP contribution in [-0.4, -0.2) is 20.8 Å². The van der Waals surface area contributed by atoms with Crippen LogP contribution >= 0.6 is 0 Å². The van der Waals surface area contributed by atoms with Gasteiger partial charge in [-0.15, -0.1) is 0 Å². The second kappa shape index (κ2) is 7.42. The van der Waals surface area contributed by atoms with Gasteiger partial charge in [0.1, 0.15) is 0 Å². The van der Waals surface area contributed by atoms with Gasteiger partial charge in [-0.25, -0.2) is 9.50 Å². The number of nitrogens with zero attached hydrogens (tertiary/aromatic N) is 3. The largest absolute Gasteiger partial charge is 0.398 e. The molecule has 6 nitrogen and oxygen atoms in total. The van der Waals surface area contributed by atoms with Gasteiger partial charge >= 0.3 is 0 Å². The molecule has 6 heteroatoms. The Morgan fingerprint density at radius 1 is 1.23 bits per heavy atom. The van der Waals surface area contributed by atoms with Gasteiger partial charge in [-0.1, -0.05) is 20.3 Å². The number of hydrogen-bond acceptors (Lipinski definition) is 5. The molecule has 4 N–H and O–H groups in total. The molecule has 3 heterocycles. The normalized spacial score (nSPS) is 28.3. The number of hydrogen-bond donors (Lipinski definition) is 3. The summed E-state index contributed by atoms with van der Waals surface area (Å²) in [4.78, 5) is 4.60. The van der Waals surface area contributed by atoms with E-state index in [0.717, 1.165) is 22.8 Å². The van der Waals surface area contributed by atoms with Crippen LogP contribution in [0.2, 0.25) is 0 Å². The third-order valence-corrected chi connectivity index (χ3v) is 7.10. The van der Waals surface area contributed by atoms with E-state index in [2.05, 4.69) is 41.5 Å². The summed E-state index contributed by atoms with van der Waals surface area (Å²) in [5.41, 5.74) is 12.3. The maximum Gasteiger partial charge on any atom is 0.154 e. The third kappa shape index (κ3) is 2.81. The maximum absolute atomic E-state index is 7.94. The third-order valence-electron chi connectivity index (χ3n) is 7.10. The fourth-order valence-corrected chi connectivity index (χ4v) is 6.10. The van der Waals surface area contributed by atoms with Crippen LogP contribution in [0.4, 0.5) is 11.4 Å². The first kappa shape index (κ1) is 19.1. The molecule has 3 aromatic rings. The first-order valence-corrected chi connectivity index (χ1v) is 11.1. The zero-order valence-corrected chi connectivity index (χ0v) is 17.7. The number of aromatic nitrogens is 3. The van der Waals surface area contributed by atoms with Crippen LogP contribution in [-0.2, 0) is 0 Å². The van der Waals surface area contributed by atoms with Gasteiger partial charge in [0.25, 0.3) is 0 Å². The second-order valence-corrected chi connectivity index (χ2v) is 8.96. The summed E-state index contributed by atoms with van der Waals surface area (Å²) >= 11 is 0. The van der Waals surface area contributed by atoms with Gasteiger partial charge in [-0.05, 0) is 60.6 Å². The Bertz CT molecular complexity index is 1090. The summed E-state index contributed by atoms with van der Waals surface area (Å²) in [6.07, 6.45) is 12.5. The zero-order chi connectivity index (χ0) is 20.8. The summed E-state index contributed by atoms with van der Waals surface area (Å²) in [7, 11) is 0. The number of nitrogens with two attached hydrogens (primary N) is 1. The number of fused-ring (bicyclic) bond motifs is 8. The molecule has 0 saturated heterocycles. The molecule has 2 bridgehead atoms. The Kier molecular flexibility index (Phi) is 4.72. The molecule has 1 aromatic carbocycles. The summed E-state index contributed by atoms with van der Waals surface area (Å²) in [5, 5.41) is 16.1. The number of nitrogens with one attached hydrogen (secondary N) is 2. The van der Waals surface area contributed by atoms with Crippen LogP contribution in [0.25, 0.3) is 5.65 Å². The van der Waals surface area contributed by atoms with E-state index in [1.807, 2.05) is 22.8 Å². The molecule has 2 aromatic heterocycles. The van der Waals surface area contributed by atoms with Crippen molar-refractivity contribution in [2.45, 2.75) is 51.5 Å². The Balaban J connectivity index is 0.000000609. The lowest BCUT2D eigenvalue weighted by Gasteiger charge is -2.44. The van der Waals surface area contributed by atoms with Crippen LogP contribution in [0.3, 0.4) is 0 Å². The van der Waals surface area contributed by atoms with Crippen molar-refractivity contribution in [3.63, 3.8) is 0 Å². The van der Waals surface area contributed by atoms with E-state index in [1.165, 1.54) is 43.0 Å². The predicted molar refractivity (Wildman–Crippen MR) is 121 cm³/mol. The molecule has 30 heavy (non-hydrogen) atoms.